The van der Waals surface area contributed by atoms with E-state index in [0.717, 1.165) is 25.7 Å². The normalized spacial score (nSPS) is 26.7. The second-order valence-electron chi connectivity index (χ2n) is 10.4. The summed E-state index contributed by atoms with van der Waals surface area (Å²) >= 11 is 0. The van der Waals surface area contributed by atoms with E-state index in [9.17, 15) is 23.9 Å². The van der Waals surface area contributed by atoms with Gasteiger partial charge in [-0.25, -0.2) is 9.55 Å². The van der Waals surface area contributed by atoms with Crippen LogP contribution in [0.2, 0.25) is 0 Å². The van der Waals surface area contributed by atoms with Crippen LogP contribution in [0.3, 0.4) is 0 Å². The Hall–Kier alpha value is -2.06. The van der Waals surface area contributed by atoms with Crippen LogP contribution in [0.4, 0.5) is 0 Å². The zero-order chi connectivity index (χ0) is 24.6. The molecule has 9 nitrogen and oxygen atoms in total. The van der Waals surface area contributed by atoms with Gasteiger partial charge in [0.2, 0.25) is 0 Å². The second-order valence-corrected chi connectivity index (χ2v) is 11.7. The van der Waals surface area contributed by atoms with Gasteiger partial charge in [0.1, 0.15) is 0 Å². The van der Waals surface area contributed by atoms with E-state index in [1.165, 1.54) is 51.4 Å². The van der Waals surface area contributed by atoms with Gasteiger partial charge in [-0.05, 0) is 50.7 Å². The number of nitrogens with zero attached hydrogens (tertiary/aromatic N) is 3. The molecule has 0 spiro atoms. The lowest BCUT2D eigenvalue weighted by molar-refractivity contribution is -0.0247. The monoisotopic (exact) mass is 502 g/mol. The molecule has 1 aromatic heterocycles. The van der Waals surface area contributed by atoms with Crippen molar-refractivity contribution < 1.29 is 19.1 Å². The molecule has 1 saturated carbocycles. The Labute approximate surface area is 205 Å². The first-order valence-corrected chi connectivity index (χ1v) is 14.6. The van der Waals surface area contributed by atoms with Gasteiger partial charge in [0.15, 0.2) is 5.69 Å². The number of hydrogen-bond acceptors (Lipinski definition) is 5. The average molecular weight is 503 g/mol. The molecule has 1 aliphatic carbocycles. The van der Waals surface area contributed by atoms with Gasteiger partial charge in [-0.2, -0.15) is 0 Å². The van der Waals surface area contributed by atoms with Gasteiger partial charge in [0, 0.05) is 24.2 Å². The zero-order valence-electron chi connectivity index (χ0n) is 20.0. The van der Waals surface area contributed by atoms with E-state index in [-0.39, 0.29) is 6.04 Å². The average Bonchev–Trinajstić information content (AvgIpc) is 2.77. The summed E-state index contributed by atoms with van der Waals surface area (Å²) in [4.78, 5) is 51.5. The van der Waals surface area contributed by atoms with Crippen LogP contribution in [0.5, 0.6) is 0 Å². The first-order valence-electron chi connectivity index (χ1n) is 13.0. The minimum Gasteiger partial charge on any atom is -0.308 e. The molecule has 2 bridgehead atoms. The fourth-order valence-electron chi connectivity index (χ4n) is 6.78. The Kier molecular flexibility index (Phi) is 7.13. The summed E-state index contributed by atoms with van der Waals surface area (Å²) in [7, 11) is -4.86. The van der Waals surface area contributed by atoms with Crippen LogP contribution < -0.4 is 10.6 Å². The summed E-state index contributed by atoms with van der Waals surface area (Å²) in [6.07, 6.45) is 14.2. The molecule has 1 aromatic carbocycles. The van der Waals surface area contributed by atoms with Gasteiger partial charge in [0.05, 0.1) is 11.0 Å². The standard InChI is InChI=1S/C25H35N4O5P/c30-24(27-35(32,33)34)23-25(31)29(22-14-7-6-13-21(22)26-23)20-15-18-11-8-12-19(16-20)28(18)17-9-4-2-1-3-5-10-17/h6-7,13-14,17-20H,1-5,8-12,15-16H2,(H3,27,30,32,33,34)/t18-,19+,20-. The first-order chi connectivity index (χ1) is 16.8. The molecule has 5 rings (SSSR count). The van der Waals surface area contributed by atoms with Gasteiger partial charge in [-0.15, -0.1) is 0 Å². The number of nitrogens with one attached hydrogen (secondary N) is 1. The highest BCUT2D eigenvalue weighted by atomic mass is 31.2. The van der Waals surface area contributed by atoms with E-state index >= 15 is 0 Å². The molecule has 3 heterocycles. The topological polar surface area (TPSA) is 125 Å². The highest BCUT2D eigenvalue weighted by Crippen LogP contribution is 2.42. The quantitative estimate of drug-likeness (QED) is 0.542. The van der Waals surface area contributed by atoms with E-state index in [4.69, 9.17) is 0 Å². The molecule has 3 atom stereocenters. The third-order valence-electron chi connectivity index (χ3n) is 8.12. The number of carbonyl (C=O) groups is 1. The van der Waals surface area contributed by atoms with E-state index < -0.39 is 24.9 Å². The third kappa shape index (κ3) is 5.24. The number of fused-ring (bicyclic) bond motifs is 3. The summed E-state index contributed by atoms with van der Waals surface area (Å²) in [5.41, 5.74) is 0.0695. The molecule has 1 amide bonds. The Morgan fingerprint density at radius 1 is 0.886 bits per heavy atom. The smallest absolute Gasteiger partial charge is 0.308 e. The number of rotatable bonds is 4. The summed E-state index contributed by atoms with van der Waals surface area (Å²) in [5.74, 6) is -1.14. The number of hydrogen-bond donors (Lipinski definition) is 3. The van der Waals surface area contributed by atoms with E-state index in [1.807, 2.05) is 12.1 Å². The summed E-state index contributed by atoms with van der Waals surface area (Å²) in [6.45, 7) is 0. The number of para-hydroxylation sites is 2. The van der Waals surface area contributed by atoms with Gasteiger partial charge in [-0.3, -0.25) is 19.6 Å². The maximum atomic E-state index is 13.6. The molecule has 35 heavy (non-hydrogen) atoms. The molecule has 3 fully saturated rings. The number of aromatic nitrogens is 2. The molecule has 3 N–H and O–H groups in total. The molecule has 2 aliphatic heterocycles. The Bertz CT molecular complexity index is 1170. The summed E-state index contributed by atoms with van der Waals surface area (Å²) < 4.78 is 13.0. The van der Waals surface area contributed by atoms with E-state index in [0.29, 0.717) is 29.2 Å². The maximum Gasteiger partial charge on any atom is 0.430 e. The van der Waals surface area contributed by atoms with Crippen molar-refractivity contribution in [2.24, 2.45) is 0 Å². The third-order valence-corrected chi connectivity index (χ3v) is 8.62. The fraction of sp³-hybridized carbons (Fsp3) is 0.640. The van der Waals surface area contributed by atoms with Gasteiger partial charge in [-0.1, -0.05) is 50.7 Å². The molecule has 3 aliphatic rings. The predicted molar refractivity (Wildman–Crippen MR) is 133 cm³/mol. The van der Waals surface area contributed by atoms with Crippen molar-refractivity contribution in [3.8, 4) is 0 Å². The van der Waals surface area contributed by atoms with Crippen molar-refractivity contribution in [2.45, 2.75) is 101 Å². The molecule has 10 heteroatoms. The van der Waals surface area contributed by atoms with Crippen LogP contribution in [0.1, 0.15) is 93.6 Å². The highest BCUT2D eigenvalue weighted by Gasteiger charge is 2.42. The molecule has 2 saturated heterocycles. The van der Waals surface area contributed by atoms with E-state index in [2.05, 4.69) is 9.88 Å². The Morgan fingerprint density at radius 2 is 1.49 bits per heavy atom. The fourth-order valence-corrected chi connectivity index (χ4v) is 7.15. The van der Waals surface area contributed by atoms with Crippen molar-refractivity contribution in [3.63, 3.8) is 0 Å². The van der Waals surface area contributed by atoms with Crippen molar-refractivity contribution >= 4 is 24.7 Å². The Morgan fingerprint density at radius 3 is 2.14 bits per heavy atom. The molecule has 0 unspecified atom stereocenters. The lowest BCUT2D eigenvalue weighted by Crippen LogP contribution is -2.57. The SMILES string of the molecule is O=C(NP(=O)(O)O)c1nc2ccccc2n([C@@H]2C[C@H]3CCC[C@@H](C2)N3C2CCCCCCC2)c1=O. The van der Waals surface area contributed by atoms with E-state index in [1.54, 1.807) is 21.8 Å². The second kappa shape index (κ2) is 10.1. The molecular formula is C25H35N4O5P. The van der Waals surface area contributed by atoms with Crippen LogP contribution >= 0.6 is 7.75 Å². The van der Waals surface area contributed by atoms with Crippen molar-refractivity contribution in [1.29, 1.82) is 0 Å². The van der Waals surface area contributed by atoms with Gasteiger partial charge >= 0.3 is 7.75 Å². The lowest BCUT2D eigenvalue weighted by atomic mass is 9.79. The van der Waals surface area contributed by atoms with Crippen molar-refractivity contribution in [1.82, 2.24) is 19.5 Å². The van der Waals surface area contributed by atoms with Crippen LogP contribution in [0.25, 0.3) is 11.0 Å². The maximum absolute atomic E-state index is 13.6. The van der Waals surface area contributed by atoms with Crippen LogP contribution in [0, 0.1) is 0 Å². The first kappa shape index (κ1) is 24.6. The number of carbonyl (C=O) groups excluding carboxylic acids is 1. The molecule has 2 aromatic rings. The lowest BCUT2D eigenvalue weighted by Gasteiger charge is -2.53. The molecule has 0 radical (unpaired) electrons. The van der Waals surface area contributed by atoms with Crippen molar-refractivity contribution in [3.05, 3.63) is 40.3 Å². The minimum absolute atomic E-state index is 0.0860. The Balaban J connectivity index is 1.50. The minimum atomic E-state index is -4.86. The van der Waals surface area contributed by atoms with Gasteiger partial charge in [0.25, 0.3) is 11.5 Å². The predicted octanol–water partition coefficient (Wildman–Crippen LogP) is 3.89. The van der Waals surface area contributed by atoms with Gasteiger partial charge < -0.3 is 14.4 Å². The largest absolute Gasteiger partial charge is 0.430 e. The number of benzene rings is 1. The highest BCUT2D eigenvalue weighted by molar-refractivity contribution is 7.50. The zero-order valence-corrected chi connectivity index (χ0v) is 20.9. The van der Waals surface area contributed by atoms with Crippen LogP contribution in [-0.2, 0) is 4.57 Å². The number of amides is 1. The molecule has 190 valence electrons. The van der Waals surface area contributed by atoms with Crippen LogP contribution in [0.15, 0.2) is 29.1 Å². The van der Waals surface area contributed by atoms with Crippen LogP contribution in [-0.4, -0.2) is 48.3 Å². The van der Waals surface area contributed by atoms with Crippen molar-refractivity contribution in [2.75, 3.05) is 0 Å². The summed E-state index contributed by atoms with van der Waals surface area (Å²) in [5, 5.41) is 1.62. The summed E-state index contributed by atoms with van der Waals surface area (Å²) in [6, 6.07) is 8.53. The number of piperidine rings is 2. The molecular weight excluding hydrogens is 467 g/mol.